The van der Waals surface area contributed by atoms with Crippen LogP contribution in [0.3, 0.4) is 0 Å². The van der Waals surface area contributed by atoms with Crippen LogP contribution in [0, 0.1) is 0 Å². The van der Waals surface area contributed by atoms with Crippen LogP contribution in [0.5, 0.6) is 5.75 Å². The number of hydrogen-bond donors (Lipinski definition) is 1. The third kappa shape index (κ3) is 4.78. The molecular weight excluding hydrogens is 370 g/mol. The van der Waals surface area contributed by atoms with Gasteiger partial charge in [-0.3, -0.25) is 14.5 Å². The first-order chi connectivity index (χ1) is 12.9. The monoisotopic (exact) mass is 395 g/mol. The maximum absolute atomic E-state index is 12.3. The molecule has 0 unspecified atom stereocenters. The molecule has 1 aromatic carbocycles. The van der Waals surface area contributed by atoms with E-state index in [1.54, 1.807) is 4.90 Å². The van der Waals surface area contributed by atoms with Crippen molar-refractivity contribution in [2.75, 3.05) is 39.3 Å². The van der Waals surface area contributed by atoms with Crippen LogP contribution in [0.25, 0.3) is 0 Å². The molecule has 1 aliphatic heterocycles. The summed E-state index contributed by atoms with van der Waals surface area (Å²) in [5.41, 5.74) is 0. The van der Waals surface area contributed by atoms with Crippen molar-refractivity contribution in [3.8, 4) is 5.75 Å². The summed E-state index contributed by atoms with van der Waals surface area (Å²) in [7, 11) is -4.19. The van der Waals surface area contributed by atoms with Crippen molar-refractivity contribution in [1.82, 2.24) is 15.1 Å². The number of ether oxygens (including phenoxy) is 1. The molecule has 2 amide bonds. The van der Waals surface area contributed by atoms with Gasteiger partial charge in [-0.25, -0.2) is 8.42 Å². The fourth-order valence-corrected chi connectivity index (χ4v) is 4.09. The number of hydrogen-bond acceptors (Lipinski definition) is 6. The van der Waals surface area contributed by atoms with Gasteiger partial charge in [0.05, 0.1) is 18.0 Å². The molecule has 148 valence electrons. The number of sulfone groups is 1. The van der Waals surface area contributed by atoms with Gasteiger partial charge in [0.2, 0.25) is 5.91 Å². The smallest absolute Gasteiger partial charge is 0.341 e. The van der Waals surface area contributed by atoms with E-state index in [1.165, 1.54) is 37.1 Å². The molecule has 27 heavy (non-hydrogen) atoms. The van der Waals surface area contributed by atoms with E-state index in [2.05, 4.69) is 10.2 Å². The van der Waals surface area contributed by atoms with Crippen molar-refractivity contribution in [1.29, 1.82) is 0 Å². The maximum atomic E-state index is 12.3. The van der Waals surface area contributed by atoms with Crippen molar-refractivity contribution in [3.05, 3.63) is 24.3 Å². The highest BCUT2D eigenvalue weighted by molar-refractivity contribution is 8.06. The minimum atomic E-state index is -4.19. The third-order valence-corrected chi connectivity index (χ3v) is 6.33. The number of carbonyl (C=O) groups is 2. The molecule has 0 bridgehead atoms. The van der Waals surface area contributed by atoms with E-state index in [0.29, 0.717) is 31.5 Å². The number of piperazine rings is 1. The molecule has 1 saturated carbocycles. The number of carbonyl (C=O) groups excluding carboxylic acids is 2. The maximum Gasteiger partial charge on any atom is 0.341 e. The number of amides is 2. The lowest BCUT2D eigenvalue weighted by Crippen LogP contribution is -2.51. The molecule has 8 nitrogen and oxygen atoms in total. The summed E-state index contributed by atoms with van der Waals surface area (Å²) in [5, 5.41) is 1.07. The van der Waals surface area contributed by atoms with E-state index in [4.69, 9.17) is 4.74 Å². The van der Waals surface area contributed by atoms with Gasteiger partial charge in [0.15, 0.2) is 0 Å². The van der Waals surface area contributed by atoms with Gasteiger partial charge in [-0.2, -0.15) is 0 Å². The Morgan fingerprint density at radius 3 is 2.30 bits per heavy atom. The van der Waals surface area contributed by atoms with E-state index in [1.807, 2.05) is 6.92 Å². The van der Waals surface area contributed by atoms with Crippen molar-refractivity contribution < 1.29 is 22.7 Å². The molecule has 0 atom stereocenters. The Kier molecular flexibility index (Phi) is 6.01. The third-order valence-electron chi connectivity index (χ3n) is 4.80. The van der Waals surface area contributed by atoms with Gasteiger partial charge in [0.25, 0.3) is 9.84 Å². The van der Waals surface area contributed by atoms with Gasteiger partial charge in [-0.1, -0.05) is 0 Å². The number of nitrogens with one attached hydrogen (secondary N) is 1. The zero-order chi connectivity index (χ0) is 19.4. The van der Waals surface area contributed by atoms with Crippen molar-refractivity contribution in [2.45, 2.75) is 30.7 Å². The molecule has 1 heterocycles. The normalized spacial score (nSPS) is 18.2. The van der Waals surface area contributed by atoms with Gasteiger partial charge < -0.3 is 15.0 Å². The van der Waals surface area contributed by atoms with E-state index in [-0.39, 0.29) is 17.3 Å². The first kappa shape index (κ1) is 19.6. The standard InChI is InChI=1S/C18H25N3O5S/c1-2-26-15-5-7-16(8-6-15)27(24,25)18(23)19-13-17(22)21-11-9-20(10-12-21)14-3-4-14/h5-8,14H,2-4,9-13H2,1H3,(H,19,23). The first-order valence-corrected chi connectivity index (χ1v) is 10.7. The predicted molar refractivity (Wildman–Crippen MR) is 99.4 cm³/mol. The summed E-state index contributed by atoms with van der Waals surface area (Å²) >= 11 is 0. The van der Waals surface area contributed by atoms with Crippen LogP contribution in [0.1, 0.15) is 19.8 Å². The van der Waals surface area contributed by atoms with Crippen molar-refractivity contribution in [3.63, 3.8) is 0 Å². The second-order valence-electron chi connectivity index (χ2n) is 6.70. The Bertz CT molecular complexity index is 782. The van der Waals surface area contributed by atoms with Crippen LogP contribution in [0.2, 0.25) is 0 Å². The number of benzene rings is 1. The molecule has 1 saturated heterocycles. The largest absolute Gasteiger partial charge is 0.494 e. The summed E-state index contributed by atoms with van der Waals surface area (Å²) in [6.07, 6.45) is 2.46. The van der Waals surface area contributed by atoms with Gasteiger partial charge in [0, 0.05) is 32.2 Å². The second kappa shape index (κ2) is 8.26. The van der Waals surface area contributed by atoms with Crippen LogP contribution in [-0.4, -0.2) is 74.7 Å². The lowest BCUT2D eigenvalue weighted by Gasteiger charge is -2.34. The molecular formula is C18H25N3O5S. The zero-order valence-corrected chi connectivity index (χ0v) is 16.2. The van der Waals surface area contributed by atoms with Gasteiger partial charge in [-0.15, -0.1) is 0 Å². The number of nitrogens with zero attached hydrogens (tertiary/aromatic N) is 2. The Labute approximate surface area is 159 Å². The lowest BCUT2D eigenvalue weighted by atomic mass is 10.3. The van der Waals surface area contributed by atoms with E-state index < -0.39 is 15.1 Å². The lowest BCUT2D eigenvalue weighted by molar-refractivity contribution is -0.131. The summed E-state index contributed by atoms with van der Waals surface area (Å²) in [6.45, 7) is 4.83. The zero-order valence-electron chi connectivity index (χ0n) is 15.4. The average molecular weight is 395 g/mol. The average Bonchev–Trinajstić information content (AvgIpc) is 3.52. The van der Waals surface area contributed by atoms with E-state index >= 15 is 0 Å². The van der Waals surface area contributed by atoms with Gasteiger partial charge in [-0.05, 0) is 44.0 Å². The Morgan fingerprint density at radius 1 is 1.11 bits per heavy atom. The summed E-state index contributed by atoms with van der Waals surface area (Å²) < 4.78 is 29.9. The summed E-state index contributed by atoms with van der Waals surface area (Å²) in [6, 6.07) is 6.29. The Balaban J connectivity index is 1.50. The summed E-state index contributed by atoms with van der Waals surface area (Å²) in [4.78, 5) is 28.3. The molecule has 0 spiro atoms. The minimum Gasteiger partial charge on any atom is -0.494 e. The van der Waals surface area contributed by atoms with Crippen molar-refractivity contribution >= 4 is 21.0 Å². The number of rotatable bonds is 6. The molecule has 1 aliphatic carbocycles. The molecule has 0 aromatic heterocycles. The second-order valence-corrected chi connectivity index (χ2v) is 8.55. The summed E-state index contributed by atoms with van der Waals surface area (Å²) in [5.74, 6) is 0.262. The molecule has 1 aromatic rings. The van der Waals surface area contributed by atoms with Crippen LogP contribution in [0.4, 0.5) is 4.79 Å². The van der Waals surface area contributed by atoms with Gasteiger partial charge in [0.1, 0.15) is 5.75 Å². The highest BCUT2D eigenvalue weighted by Crippen LogP contribution is 2.27. The van der Waals surface area contributed by atoms with Crippen LogP contribution < -0.4 is 10.1 Å². The van der Waals surface area contributed by atoms with Gasteiger partial charge >= 0.3 is 5.24 Å². The Morgan fingerprint density at radius 2 is 1.74 bits per heavy atom. The van der Waals surface area contributed by atoms with E-state index in [0.717, 1.165) is 13.1 Å². The highest BCUT2D eigenvalue weighted by atomic mass is 32.2. The predicted octanol–water partition coefficient (Wildman–Crippen LogP) is 0.875. The van der Waals surface area contributed by atoms with Crippen LogP contribution in [-0.2, 0) is 14.6 Å². The quantitative estimate of drug-likeness (QED) is 0.768. The molecule has 2 fully saturated rings. The first-order valence-electron chi connectivity index (χ1n) is 9.19. The van der Waals surface area contributed by atoms with Crippen LogP contribution in [0.15, 0.2) is 29.2 Å². The molecule has 3 rings (SSSR count). The fraction of sp³-hybridized carbons (Fsp3) is 0.556. The SMILES string of the molecule is CCOc1ccc(S(=O)(=O)C(=O)NCC(=O)N2CCN(C3CC3)CC2)cc1. The van der Waals surface area contributed by atoms with Crippen molar-refractivity contribution in [2.24, 2.45) is 0 Å². The highest BCUT2D eigenvalue weighted by Gasteiger charge is 2.32. The molecule has 0 radical (unpaired) electrons. The molecule has 2 aliphatic rings. The van der Waals surface area contributed by atoms with E-state index in [9.17, 15) is 18.0 Å². The minimum absolute atomic E-state index is 0.131. The molecule has 1 N–H and O–H groups in total. The fourth-order valence-electron chi connectivity index (χ4n) is 3.12. The molecule has 9 heteroatoms. The Hall–Kier alpha value is -2.13. The topological polar surface area (TPSA) is 96.0 Å². The van der Waals surface area contributed by atoms with Crippen LogP contribution >= 0.6 is 0 Å².